The standard InChI is InChI=1S/C20H29NO2/c1-12-7-9-16(22-5)18-17(12)20-10-11-21(4)14(3)15(20)8-6-13(2)19(20)23-18/h7,9,13-15,19H,6,8,10-11H2,1-5H3/t13?,14-,15+,19+,20+/m0/s1. The second kappa shape index (κ2) is 5.14. The van der Waals surface area contributed by atoms with E-state index >= 15 is 0 Å². The Kier molecular flexibility index (Phi) is 3.42. The van der Waals surface area contributed by atoms with Crippen molar-refractivity contribution in [3.63, 3.8) is 0 Å². The van der Waals surface area contributed by atoms with Crippen LogP contribution < -0.4 is 9.47 Å². The molecular weight excluding hydrogens is 286 g/mol. The summed E-state index contributed by atoms with van der Waals surface area (Å²) in [5, 5.41) is 0. The van der Waals surface area contributed by atoms with Crippen LogP contribution in [0.4, 0.5) is 0 Å². The lowest BCUT2D eigenvalue weighted by atomic mass is 9.53. The zero-order valence-corrected chi connectivity index (χ0v) is 15.1. The predicted molar refractivity (Wildman–Crippen MR) is 92.4 cm³/mol. The second-order valence-electron chi connectivity index (χ2n) is 8.00. The summed E-state index contributed by atoms with van der Waals surface area (Å²) in [4.78, 5) is 2.54. The van der Waals surface area contributed by atoms with Gasteiger partial charge in [-0.15, -0.1) is 0 Å². The number of hydrogen-bond acceptors (Lipinski definition) is 3. The number of rotatable bonds is 1. The van der Waals surface area contributed by atoms with Crippen molar-refractivity contribution in [2.24, 2.45) is 11.8 Å². The van der Waals surface area contributed by atoms with Gasteiger partial charge in [0.25, 0.3) is 0 Å². The number of hydrogen-bond donors (Lipinski definition) is 0. The monoisotopic (exact) mass is 315 g/mol. The van der Waals surface area contributed by atoms with Crippen LogP contribution in [0.3, 0.4) is 0 Å². The first kappa shape index (κ1) is 15.3. The molecule has 1 aliphatic carbocycles. The van der Waals surface area contributed by atoms with Crippen LogP contribution >= 0.6 is 0 Å². The number of methoxy groups -OCH3 is 1. The number of ether oxygens (including phenoxy) is 2. The third-order valence-electron chi connectivity index (χ3n) is 7.04. The lowest BCUT2D eigenvalue weighted by Gasteiger charge is -2.55. The van der Waals surface area contributed by atoms with Crippen molar-refractivity contribution in [2.75, 3.05) is 20.7 Å². The lowest BCUT2D eigenvalue weighted by Crippen LogP contribution is -2.61. The molecule has 4 rings (SSSR count). The van der Waals surface area contributed by atoms with Crippen LogP contribution in [0.5, 0.6) is 11.5 Å². The van der Waals surface area contributed by atoms with Gasteiger partial charge in [0, 0.05) is 17.0 Å². The summed E-state index contributed by atoms with van der Waals surface area (Å²) in [6, 6.07) is 4.90. The molecule has 23 heavy (non-hydrogen) atoms. The Balaban J connectivity index is 1.94. The fourth-order valence-corrected chi connectivity index (χ4v) is 5.76. The van der Waals surface area contributed by atoms with E-state index in [1.165, 1.54) is 30.4 Å². The van der Waals surface area contributed by atoms with Crippen LogP contribution in [-0.2, 0) is 5.41 Å². The summed E-state index contributed by atoms with van der Waals surface area (Å²) in [6.07, 6.45) is 4.09. The summed E-state index contributed by atoms with van der Waals surface area (Å²) in [5.74, 6) is 3.23. The fourth-order valence-electron chi connectivity index (χ4n) is 5.76. The Morgan fingerprint density at radius 1 is 1.26 bits per heavy atom. The molecule has 1 spiro atoms. The van der Waals surface area contributed by atoms with Gasteiger partial charge in [0.1, 0.15) is 6.10 Å². The maximum absolute atomic E-state index is 6.63. The van der Waals surface area contributed by atoms with Crippen molar-refractivity contribution in [2.45, 2.75) is 57.6 Å². The number of fused-ring (bicyclic) bond motifs is 1. The molecule has 0 N–H and O–H groups in total. The van der Waals surface area contributed by atoms with Crippen molar-refractivity contribution in [3.8, 4) is 11.5 Å². The lowest BCUT2D eigenvalue weighted by molar-refractivity contribution is -0.0544. The molecule has 0 radical (unpaired) electrons. The first-order valence-corrected chi connectivity index (χ1v) is 9.05. The summed E-state index contributed by atoms with van der Waals surface area (Å²) in [7, 11) is 4.03. The highest BCUT2D eigenvalue weighted by atomic mass is 16.5. The summed E-state index contributed by atoms with van der Waals surface area (Å²) in [5.41, 5.74) is 3.01. The first-order valence-electron chi connectivity index (χ1n) is 9.05. The van der Waals surface area contributed by atoms with Gasteiger partial charge in [-0.25, -0.2) is 0 Å². The molecule has 126 valence electrons. The quantitative estimate of drug-likeness (QED) is 0.787. The smallest absolute Gasteiger partial charge is 0.165 e. The van der Waals surface area contributed by atoms with E-state index in [2.05, 4.69) is 44.9 Å². The Bertz CT molecular complexity index is 628. The summed E-state index contributed by atoms with van der Waals surface area (Å²) in [6.45, 7) is 8.18. The molecule has 1 aromatic rings. The molecular formula is C20H29NO2. The maximum Gasteiger partial charge on any atom is 0.165 e. The molecule has 1 saturated carbocycles. The van der Waals surface area contributed by atoms with Gasteiger partial charge in [-0.2, -0.15) is 0 Å². The third kappa shape index (κ3) is 1.86. The van der Waals surface area contributed by atoms with Crippen LogP contribution in [0.1, 0.15) is 44.2 Å². The Morgan fingerprint density at radius 2 is 2.04 bits per heavy atom. The largest absolute Gasteiger partial charge is 0.493 e. The van der Waals surface area contributed by atoms with E-state index in [9.17, 15) is 0 Å². The minimum Gasteiger partial charge on any atom is -0.493 e. The van der Waals surface area contributed by atoms with Crippen LogP contribution in [-0.4, -0.2) is 37.7 Å². The third-order valence-corrected chi connectivity index (χ3v) is 7.04. The summed E-state index contributed by atoms with van der Waals surface area (Å²) >= 11 is 0. The van der Waals surface area contributed by atoms with E-state index in [1.54, 1.807) is 7.11 Å². The predicted octanol–water partition coefficient (Wildman–Crippen LogP) is 3.77. The minimum atomic E-state index is 0.178. The van der Waals surface area contributed by atoms with Gasteiger partial charge in [-0.1, -0.05) is 13.0 Å². The maximum atomic E-state index is 6.63. The number of benzene rings is 1. The normalized spacial score (nSPS) is 39.2. The number of piperidine rings is 1. The number of likely N-dealkylation sites (tertiary alicyclic amines) is 1. The van der Waals surface area contributed by atoms with Crippen LogP contribution in [0.25, 0.3) is 0 Å². The highest BCUT2D eigenvalue weighted by Crippen LogP contribution is 2.61. The number of aryl methyl sites for hydroxylation is 1. The molecule has 3 aliphatic rings. The van der Waals surface area contributed by atoms with E-state index in [-0.39, 0.29) is 5.41 Å². The molecule has 5 atom stereocenters. The van der Waals surface area contributed by atoms with Crippen molar-refractivity contribution in [1.29, 1.82) is 0 Å². The second-order valence-corrected chi connectivity index (χ2v) is 8.00. The Hall–Kier alpha value is -1.22. The van der Waals surface area contributed by atoms with Crippen molar-refractivity contribution in [1.82, 2.24) is 4.90 Å². The first-order chi connectivity index (χ1) is 11.0. The highest BCUT2D eigenvalue weighted by Gasteiger charge is 2.61. The van der Waals surface area contributed by atoms with E-state index in [0.717, 1.165) is 18.0 Å². The molecule has 2 heterocycles. The van der Waals surface area contributed by atoms with Crippen LogP contribution in [0, 0.1) is 18.8 Å². The van der Waals surface area contributed by atoms with Crippen molar-refractivity contribution < 1.29 is 9.47 Å². The molecule has 3 nitrogen and oxygen atoms in total. The SMILES string of the molecule is COc1ccc(C)c2c1O[C@@H]1C(C)CC[C@@H]3[C@H](C)N(C)CC[C@@]213. The van der Waals surface area contributed by atoms with Gasteiger partial charge in [0.15, 0.2) is 11.5 Å². The Labute approximate surface area is 140 Å². The Morgan fingerprint density at radius 3 is 2.78 bits per heavy atom. The molecule has 0 bridgehead atoms. The van der Waals surface area contributed by atoms with Gasteiger partial charge in [0.05, 0.1) is 7.11 Å². The molecule has 3 heteroatoms. The van der Waals surface area contributed by atoms with Gasteiger partial charge >= 0.3 is 0 Å². The number of nitrogens with zero attached hydrogens (tertiary/aromatic N) is 1. The average molecular weight is 315 g/mol. The molecule has 1 saturated heterocycles. The van der Waals surface area contributed by atoms with Gasteiger partial charge in [-0.05, 0) is 70.2 Å². The topological polar surface area (TPSA) is 21.7 Å². The zero-order valence-electron chi connectivity index (χ0n) is 15.1. The zero-order chi connectivity index (χ0) is 16.4. The van der Waals surface area contributed by atoms with E-state index in [0.29, 0.717) is 24.0 Å². The fraction of sp³-hybridized carbons (Fsp3) is 0.700. The molecule has 0 amide bonds. The molecule has 2 aliphatic heterocycles. The highest BCUT2D eigenvalue weighted by molar-refractivity contribution is 5.59. The molecule has 2 fully saturated rings. The molecule has 1 unspecified atom stereocenters. The van der Waals surface area contributed by atoms with Gasteiger partial charge in [0.2, 0.25) is 0 Å². The van der Waals surface area contributed by atoms with Crippen molar-refractivity contribution in [3.05, 3.63) is 23.3 Å². The van der Waals surface area contributed by atoms with Crippen molar-refractivity contribution >= 4 is 0 Å². The minimum absolute atomic E-state index is 0.178. The molecule has 1 aromatic carbocycles. The van der Waals surface area contributed by atoms with Crippen LogP contribution in [0.2, 0.25) is 0 Å². The van der Waals surface area contributed by atoms with E-state index in [4.69, 9.17) is 9.47 Å². The summed E-state index contributed by atoms with van der Waals surface area (Å²) < 4.78 is 12.3. The van der Waals surface area contributed by atoms with Crippen LogP contribution in [0.15, 0.2) is 12.1 Å². The van der Waals surface area contributed by atoms with E-state index < -0.39 is 0 Å². The van der Waals surface area contributed by atoms with E-state index in [1.807, 2.05) is 0 Å². The average Bonchev–Trinajstić information content (AvgIpc) is 2.89. The molecule has 0 aromatic heterocycles. The van der Waals surface area contributed by atoms with Gasteiger partial charge < -0.3 is 14.4 Å². The van der Waals surface area contributed by atoms with Gasteiger partial charge in [-0.3, -0.25) is 0 Å².